The summed E-state index contributed by atoms with van der Waals surface area (Å²) in [4.78, 5) is 0. The molecule has 0 fully saturated rings. The second kappa shape index (κ2) is 6.32. The van der Waals surface area contributed by atoms with Gasteiger partial charge in [-0.1, -0.05) is 18.2 Å². The van der Waals surface area contributed by atoms with Gasteiger partial charge in [-0.25, -0.2) is 0 Å². The predicted molar refractivity (Wildman–Crippen MR) is 82.9 cm³/mol. The maximum atomic E-state index is 12.7. The maximum Gasteiger partial charge on any atom is 0.297 e. The lowest BCUT2D eigenvalue weighted by atomic mass is 10.2. The monoisotopic (exact) mass is 308 g/mol. The van der Waals surface area contributed by atoms with Gasteiger partial charge in [0.25, 0.3) is 10.0 Å². The number of sulfonamides is 1. The number of nitrogens with zero attached hydrogens (tertiary/aromatic N) is 1. The van der Waals surface area contributed by atoms with Crippen molar-refractivity contribution in [2.45, 2.75) is 25.5 Å². The molecule has 0 bridgehead atoms. The van der Waals surface area contributed by atoms with Crippen molar-refractivity contribution in [3.63, 3.8) is 0 Å². The summed E-state index contributed by atoms with van der Waals surface area (Å²) in [5, 5.41) is 2.90. The number of rotatable bonds is 6. The van der Waals surface area contributed by atoms with Crippen LogP contribution >= 0.6 is 0 Å². The predicted octanol–water partition coefficient (Wildman–Crippen LogP) is 2.52. The van der Waals surface area contributed by atoms with Crippen LogP contribution in [0.2, 0.25) is 0 Å². The van der Waals surface area contributed by atoms with Crippen molar-refractivity contribution in [3.05, 3.63) is 47.7 Å². The number of furan rings is 1. The largest absolute Gasteiger partial charge is 0.446 e. The highest BCUT2D eigenvalue weighted by Crippen LogP contribution is 2.27. The Morgan fingerprint density at radius 3 is 2.52 bits per heavy atom. The molecule has 0 atom stereocenters. The maximum absolute atomic E-state index is 12.7. The Bertz CT molecular complexity index is 707. The summed E-state index contributed by atoms with van der Waals surface area (Å²) in [5.74, 6) is 0.594. The van der Waals surface area contributed by atoms with Crippen molar-refractivity contribution in [2.75, 3.05) is 17.9 Å². The number of nitrogens with one attached hydrogen (secondary N) is 1. The third kappa shape index (κ3) is 3.11. The van der Waals surface area contributed by atoms with E-state index in [2.05, 4.69) is 5.32 Å². The fourth-order valence-electron chi connectivity index (χ4n) is 2.19. The molecule has 1 heterocycles. The zero-order valence-corrected chi connectivity index (χ0v) is 13.3. The van der Waals surface area contributed by atoms with E-state index in [1.807, 2.05) is 25.1 Å². The number of hydrogen-bond donors (Lipinski definition) is 1. The van der Waals surface area contributed by atoms with Gasteiger partial charge in [0.2, 0.25) is 5.09 Å². The Morgan fingerprint density at radius 1 is 1.19 bits per heavy atom. The number of aryl methyl sites for hydroxylation is 1. The van der Waals surface area contributed by atoms with Crippen molar-refractivity contribution in [1.82, 2.24) is 5.32 Å². The summed E-state index contributed by atoms with van der Waals surface area (Å²) in [6.07, 6.45) is 0. The molecule has 0 aliphatic rings. The fourth-order valence-corrected chi connectivity index (χ4v) is 3.66. The van der Waals surface area contributed by atoms with Gasteiger partial charge < -0.3 is 9.73 Å². The average molecular weight is 308 g/mol. The van der Waals surface area contributed by atoms with Crippen LogP contribution in [0.5, 0.6) is 0 Å². The summed E-state index contributed by atoms with van der Waals surface area (Å²) >= 11 is 0. The molecule has 21 heavy (non-hydrogen) atoms. The molecule has 0 amide bonds. The van der Waals surface area contributed by atoms with Crippen LogP contribution in [0.4, 0.5) is 5.69 Å². The molecule has 6 heteroatoms. The van der Waals surface area contributed by atoms with Crippen LogP contribution in [-0.2, 0) is 16.6 Å². The van der Waals surface area contributed by atoms with E-state index in [4.69, 9.17) is 4.42 Å². The molecule has 0 spiro atoms. The Labute approximate surface area is 125 Å². The number of hydrogen-bond acceptors (Lipinski definition) is 4. The highest BCUT2D eigenvalue weighted by Gasteiger charge is 2.27. The minimum absolute atomic E-state index is 0.0298. The lowest BCUT2D eigenvalue weighted by molar-refractivity contribution is 0.406. The molecule has 0 saturated heterocycles. The smallest absolute Gasteiger partial charge is 0.297 e. The van der Waals surface area contributed by atoms with Crippen LogP contribution in [0.3, 0.4) is 0 Å². The highest BCUT2D eigenvalue weighted by molar-refractivity contribution is 7.92. The summed E-state index contributed by atoms with van der Waals surface area (Å²) in [6, 6.07) is 10.6. The van der Waals surface area contributed by atoms with Crippen molar-refractivity contribution < 1.29 is 12.8 Å². The molecule has 0 unspecified atom stereocenters. The van der Waals surface area contributed by atoms with Gasteiger partial charge in [0.1, 0.15) is 5.76 Å². The Hall–Kier alpha value is -1.79. The number of anilines is 1. The van der Waals surface area contributed by atoms with Crippen LogP contribution in [-0.4, -0.2) is 22.0 Å². The van der Waals surface area contributed by atoms with E-state index >= 15 is 0 Å². The molecule has 0 radical (unpaired) electrons. The summed E-state index contributed by atoms with van der Waals surface area (Å²) in [5.41, 5.74) is 1.58. The van der Waals surface area contributed by atoms with Gasteiger partial charge in [0.05, 0.1) is 12.2 Å². The standard InChI is InChI=1S/C15H20N2O3S/c1-4-17(14-8-6-5-7-12(14)2)21(18,19)15-10-9-13(20-15)11-16-3/h5-10,16H,4,11H2,1-3H3. The van der Waals surface area contributed by atoms with Crippen molar-refractivity contribution in [1.29, 1.82) is 0 Å². The SMILES string of the molecule is CCN(c1ccccc1C)S(=O)(=O)c1ccc(CNC)o1. The lowest BCUT2D eigenvalue weighted by Crippen LogP contribution is -2.31. The molecule has 0 saturated carbocycles. The minimum atomic E-state index is -3.69. The zero-order valence-electron chi connectivity index (χ0n) is 12.5. The molecule has 0 aliphatic carbocycles. The van der Waals surface area contributed by atoms with E-state index in [-0.39, 0.29) is 5.09 Å². The summed E-state index contributed by atoms with van der Waals surface area (Å²) in [7, 11) is -1.91. The summed E-state index contributed by atoms with van der Waals surface area (Å²) < 4.78 is 32.3. The quantitative estimate of drug-likeness (QED) is 0.890. The lowest BCUT2D eigenvalue weighted by Gasteiger charge is -2.23. The van der Waals surface area contributed by atoms with Gasteiger partial charge in [0.15, 0.2) is 0 Å². The van der Waals surface area contributed by atoms with E-state index < -0.39 is 10.0 Å². The third-order valence-corrected chi connectivity index (χ3v) is 4.97. The van der Waals surface area contributed by atoms with E-state index in [1.54, 1.807) is 26.1 Å². The Morgan fingerprint density at radius 2 is 1.90 bits per heavy atom. The van der Waals surface area contributed by atoms with E-state index in [0.717, 1.165) is 5.56 Å². The van der Waals surface area contributed by atoms with Gasteiger partial charge in [-0.3, -0.25) is 4.31 Å². The molecular weight excluding hydrogens is 288 g/mol. The van der Waals surface area contributed by atoms with Gasteiger partial charge in [0, 0.05) is 6.54 Å². The van der Waals surface area contributed by atoms with Crippen LogP contribution in [0, 0.1) is 6.92 Å². The number of benzene rings is 1. The Balaban J connectivity index is 2.42. The molecule has 1 N–H and O–H groups in total. The molecule has 5 nitrogen and oxygen atoms in total. The first-order valence-electron chi connectivity index (χ1n) is 6.82. The molecule has 114 valence electrons. The molecule has 2 aromatic rings. The first-order chi connectivity index (χ1) is 10.0. The van der Waals surface area contributed by atoms with E-state index in [0.29, 0.717) is 24.5 Å². The van der Waals surface area contributed by atoms with Crippen LogP contribution in [0.15, 0.2) is 45.9 Å². The first kappa shape index (κ1) is 15.6. The third-order valence-electron chi connectivity index (χ3n) is 3.20. The van der Waals surface area contributed by atoms with E-state index in [9.17, 15) is 8.42 Å². The molecule has 2 rings (SSSR count). The second-order valence-electron chi connectivity index (χ2n) is 4.71. The molecule has 1 aromatic carbocycles. The van der Waals surface area contributed by atoms with Crippen LogP contribution in [0.25, 0.3) is 0 Å². The zero-order chi connectivity index (χ0) is 15.5. The van der Waals surface area contributed by atoms with Crippen molar-refractivity contribution in [2.24, 2.45) is 0 Å². The van der Waals surface area contributed by atoms with Crippen molar-refractivity contribution >= 4 is 15.7 Å². The second-order valence-corrected chi connectivity index (χ2v) is 6.50. The van der Waals surface area contributed by atoms with E-state index in [1.165, 1.54) is 10.4 Å². The first-order valence-corrected chi connectivity index (χ1v) is 8.26. The van der Waals surface area contributed by atoms with Crippen molar-refractivity contribution in [3.8, 4) is 0 Å². The van der Waals surface area contributed by atoms with Gasteiger partial charge in [-0.05, 0) is 44.7 Å². The fraction of sp³-hybridized carbons (Fsp3) is 0.333. The molecule has 0 aliphatic heterocycles. The number of para-hydroxylation sites is 1. The highest BCUT2D eigenvalue weighted by atomic mass is 32.2. The summed E-state index contributed by atoms with van der Waals surface area (Å²) in [6.45, 7) is 4.53. The van der Waals surface area contributed by atoms with Gasteiger partial charge in [-0.15, -0.1) is 0 Å². The topological polar surface area (TPSA) is 62.6 Å². The average Bonchev–Trinajstić information content (AvgIpc) is 2.91. The molecule has 1 aromatic heterocycles. The normalized spacial score (nSPS) is 11.6. The van der Waals surface area contributed by atoms with Gasteiger partial charge >= 0.3 is 0 Å². The van der Waals surface area contributed by atoms with Crippen LogP contribution < -0.4 is 9.62 Å². The molecular formula is C15H20N2O3S. The van der Waals surface area contributed by atoms with Gasteiger partial charge in [-0.2, -0.15) is 8.42 Å². The Kier molecular flexibility index (Phi) is 4.69. The van der Waals surface area contributed by atoms with Crippen LogP contribution in [0.1, 0.15) is 18.2 Å². The minimum Gasteiger partial charge on any atom is -0.446 e.